The molecule has 2 rings (SSSR count). The summed E-state index contributed by atoms with van der Waals surface area (Å²) >= 11 is 2.17. The lowest BCUT2D eigenvalue weighted by atomic mass is 10.0. The number of rotatable bonds is 3. The minimum absolute atomic E-state index is 0.0377. The van der Waals surface area contributed by atoms with Crippen molar-refractivity contribution in [3.05, 3.63) is 15.7 Å². The normalized spacial score (nSPS) is 25.1. The summed E-state index contributed by atoms with van der Waals surface area (Å²) in [7, 11) is 0. The molecule has 3 N–H and O–H groups in total. The van der Waals surface area contributed by atoms with Gasteiger partial charge in [0.05, 0.1) is 12.1 Å². The molecule has 19 heavy (non-hydrogen) atoms. The van der Waals surface area contributed by atoms with Gasteiger partial charge >= 0.3 is 0 Å². The number of likely N-dealkylation sites (tertiary alicyclic amines) is 1. The van der Waals surface area contributed by atoms with Gasteiger partial charge in [-0.05, 0) is 40.8 Å². The van der Waals surface area contributed by atoms with Crippen LogP contribution in [0, 0.1) is 15.5 Å². The highest BCUT2D eigenvalue weighted by Gasteiger charge is 2.38. The van der Waals surface area contributed by atoms with Crippen molar-refractivity contribution >= 4 is 28.5 Å². The molecular weight excluding hydrogens is 355 g/mol. The fourth-order valence-electron chi connectivity index (χ4n) is 2.51. The second-order valence-corrected chi connectivity index (χ2v) is 6.83. The van der Waals surface area contributed by atoms with Gasteiger partial charge in [0.25, 0.3) is 0 Å². The van der Waals surface area contributed by atoms with E-state index in [1.165, 1.54) is 0 Å². The molecule has 1 aliphatic rings. The lowest BCUT2D eigenvalue weighted by molar-refractivity contribution is -0.134. The first-order chi connectivity index (χ1) is 8.90. The molecule has 2 heterocycles. The summed E-state index contributed by atoms with van der Waals surface area (Å²) in [4.78, 5) is 22.0. The number of H-pyrrole nitrogens is 1. The van der Waals surface area contributed by atoms with Crippen molar-refractivity contribution in [3.8, 4) is 0 Å². The minimum atomic E-state index is -0.429. The number of nitrogens with two attached hydrogens (primary N) is 1. The number of nitrogens with zero attached hydrogens (tertiary/aromatic N) is 2. The molecule has 0 spiro atoms. The molecule has 0 saturated carbocycles. The maximum Gasteiger partial charge on any atom is 0.240 e. The van der Waals surface area contributed by atoms with Gasteiger partial charge < -0.3 is 15.6 Å². The van der Waals surface area contributed by atoms with E-state index in [4.69, 9.17) is 5.73 Å². The Morgan fingerprint density at radius 2 is 2.32 bits per heavy atom. The van der Waals surface area contributed by atoms with Crippen LogP contribution in [0.5, 0.6) is 0 Å². The number of amides is 1. The van der Waals surface area contributed by atoms with Gasteiger partial charge in [0.2, 0.25) is 5.91 Å². The number of nitrogens with one attached hydrogen (secondary N) is 1. The third kappa shape index (κ3) is 3.10. The maximum absolute atomic E-state index is 12.5. The van der Waals surface area contributed by atoms with Crippen molar-refractivity contribution in [1.29, 1.82) is 0 Å². The predicted octanol–water partition coefficient (Wildman–Crippen LogP) is 1.91. The third-order valence-corrected chi connectivity index (χ3v) is 4.23. The first-order valence-corrected chi connectivity index (χ1v) is 7.75. The molecule has 0 aliphatic carbocycles. The van der Waals surface area contributed by atoms with E-state index in [0.717, 1.165) is 22.5 Å². The van der Waals surface area contributed by atoms with E-state index < -0.39 is 6.04 Å². The van der Waals surface area contributed by atoms with E-state index in [0.29, 0.717) is 5.92 Å². The van der Waals surface area contributed by atoms with Gasteiger partial charge in [-0.1, -0.05) is 20.8 Å². The van der Waals surface area contributed by atoms with Crippen molar-refractivity contribution in [3.63, 3.8) is 0 Å². The first kappa shape index (κ1) is 14.8. The van der Waals surface area contributed by atoms with Crippen LogP contribution in [0.15, 0.2) is 6.20 Å². The number of halogens is 1. The Balaban J connectivity index is 2.20. The van der Waals surface area contributed by atoms with Crippen molar-refractivity contribution in [2.75, 3.05) is 6.54 Å². The Morgan fingerprint density at radius 3 is 2.84 bits per heavy atom. The fraction of sp³-hybridized carbons (Fsp3) is 0.692. The molecule has 1 aromatic heterocycles. The average molecular weight is 376 g/mol. The van der Waals surface area contributed by atoms with Crippen LogP contribution in [0.3, 0.4) is 0 Å². The molecular formula is C13H21IN4O. The third-order valence-electron chi connectivity index (χ3n) is 3.68. The van der Waals surface area contributed by atoms with Gasteiger partial charge in [-0.2, -0.15) is 0 Å². The average Bonchev–Trinajstić information content (AvgIpc) is 2.93. The van der Waals surface area contributed by atoms with E-state index in [-0.39, 0.29) is 17.9 Å². The number of imidazole rings is 1. The Kier molecular flexibility index (Phi) is 4.50. The number of carbonyl (C=O) groups excluding carboxylic acids is 1. The highest BCUT2D eigenvalue weighted by molar-refractivity contribution is 14.1. The van der Waals surface area contributed by atoms with Crippen LogP contribution in [0.25, 0.3) is 0 Å². The van der Waals surface area contributed by atoms with E-state index in [1.54, 1.807) is 0 Å². The molecule has 1 aliphatic heterocycles. The number of carbonyl (C=O) groups is 1. The lowest BCUT2D eigenvalue weighted by Gasteiger charge is -2.27. The Labute approximate surface area is 127 Å². The quantitative estimate of drug-likeness (QED) is 0.792. The summed E-state index contributed by atoms with van der Waals surface area (Å²) in [5.74, 6) is 1.55. The van der Waals surface area contributed by atoms with Gasteiger partial charge in [0, 0.05) is 12.7 Å². The molecule has 5 nitrogen and oxygen atoms in total. The summed E-state index contributed by atoms with van der Waals surface area (Å²) in [6.07, 6.45) is 2.81. The van der Waals surface area contributed by atoms with Gasteiger partial charge in [-0.15, -0.1) is 0 Å². The molecule has 1 fully saturated rings. The molecule has 3 atom stereocenters. The summed E-state index contributed by atoms with van der Waals surface area (Å²) in [5.41, 5.74) is 6.01. The summed E-state index contributed by atoms with van der Waals surface area (Å²) < 4.78 is 0.924. The molecule has 0 radical (unpaired) electrons. The van der Waals surface area contributed by atoms with Crippen molar-refractivity contribution in [2.45, 2.75) is 39.3 Å². The topological polar surface area (TPSA) is 75.0 Å². The second-order valence-electron chi connectivity index (χ2n) is 5.73. The first-order valence-electron chi connectivity index (χ1n) is 6.67. The summed E-state index contributed by atoms with van der Waals surface area (Å²) in [6, 6.07) is -0.391. The fourth-order valence-corrected chi connectivity index (χ4v) is 2.92. The monoisotopic (exact) mass is 376 g/mol. The van der Waals surface area contributed by atoms with Gasteiger partial charge in [-0.3, -0.25) is 4.79 Å². The van der Waals surface area contributed by atoms with Crippen LogP contribution < -0.4 is 5.73 Å². The lowest BCUT2D eigenvalue weighted by Crippen LogP contribution is -2.46. The number of hydrogen-bond donors (Lipinski definition) is 2. The highest BCUT2D eigenvalue weighted by Crippen LogP contribution is 2.34. The van der Waals surface area contributed by atoms with E-state index in [9.17, 15) is 4.79 Å². The largest absolute Gasteiger partial charge is 0.346 e. The maximum atomic E-state index is 12.5. The number of aromatic amines is 1. The van der Waals surface area contributed by atoms with Crippen molar-refractivity contribution < 1.29 is 4.79 Å². The molecule has 1 aromatic rings. The van der Waals surface area contributed by atoms with Crippen LogP contribution in [-0.4, -0.2) is 33.4 Å². The van der Waals surface area contributed by atoms with E-state index in [2.05, 4.69) is 39.5 Å². The second kappa shape index (κ2) is 5.78. The summed E-state index contributed by atoms with van der Waals surface area (Å²) in [5, 5.41) is 0. The zero-order chi connectivity index (χ0) is 14.2. The molecule has 0 unspecified atom stereocenters. The molecule has 0 bridgehead atoms. The van der Waals surface area contributed by atoms with Crippen LogP contribution in [0.4, 0.5) is 0 Å². The predicted molar refractivity (Wildman–Crippen MR) is 82.4 cm³/mol. The van der Waals surface area contributed by atoms with Crippen LogP contribution in [-0.2, 0) is 4.79 Å². The highest BCUT2D eigenvalue weighted by atomic mass is 127. The van der Waals surface area contributed by atoms with Gasteiger partial charge in [-0.25, -0.2) is 4.98 Å². The zero-order valence-electron chi connectivity index (χ0n) is 11.6. The molecule has 6 heteroatoms. The molecule has 1 amide bonds. The molecule has 0 aromatic carbocycles. The van der Waals surface area contributed by atoms with Crippen LogP contribution >= 0.6 is 22.6 Å². The molecule has 1 saturated heterocycles. The van der Waals surface area contributed by atoms with E-state index >= 15 is 0 Å². The number of aromatic nitrogens is 2. The van der Waals surface area contributed by atoms with E-state index in [1.807, 2.05) is 24.9 Å². The van der Waals surface area contributed by atoms with Gasteiger partial charge in [0.1, 0.15) is 9.53 Å². The SMILES string of the molecule is CC(C)[C@H](N)C(=O)N1C[C@H](C)C[C@H]1c1nc(I)c[nH]1. The Bertz CT molecular complexity index is 459. The molecule has 106 valence electrons. The summed E-state index contributed by atoms with van der Waals surface area (Å²) in [6.45, 7) is 6.89. The minimum Gasteiger partial charge on any atom is -0.346 e. The van der Waals surface area contributed by atoms with Crippen molar-refractivity contribution in [1.82, 2.24) is 14.9 Å². The van der Waals surface area contributed by atoms with Crippen LogP contribution in [0.2, 0.25) is 0 Å². The standard InChI is InChI=1S/C13H21IN4O/c1-7(2)11(15)13(19)18-6-8(3)4-9(18)12-16-5-10(14)17-12/h5,7-9,11H,4,6,15H2,1-3H3,(H,16,17)/t8-,9+,11+/m1/s1. The zero-order valence-corrected chi connectivity index (χ0v) is 13.7. The number of hydrogen-bond acceptors (Lipinski definition) is 3. The smallest absolute Gasteiger partial charge is 0.240 e. The van der Waals surface area contributed by atoms with Crippen molar-refractivity contribution in [2.24, 2.45) is 17.6 Å². The van der Waals surface area contributed by atoms with Crippen LogP contribution in [0.1, 0.15) is 39.1 Å². The Hall–Kier alpha value is -0.630. The Morgan fingerprint density at radius 1 is 1.63 bits per heavy atom. The van der Waals surface area contributed by atoms with Gasteiger partial charge in [0.15, 0.2) is 0 Å².